The van der Waals surface area contributed by atoms with Crippen molar-refractivity contribution in [1.82, 2.24) is 5.32 Å². The first-order chi connectivity index (χ1) is 8.74. The van der Waals surface area contributed by atoms with Crippen LogP contribution in [0.5, 0.6) is 5.75 Å². The first-order valence-electron chi connectivity index (χ1n) is 6.75. The zero-order valence-electron chi connectivity index (χ0n) is 11.5. The Morgan fingerprint density at radius 1 is 1.11 bits per heavy atom. The number of aliphatic hydroxyl groups is 1. The van der Waals surface area contributed by atoms with Gasteiger partial charge in [-0.2, -0.15) is 0 Å². The maximum absolute atomic E-state index is 8.60. The summed E-state index contributed by atoms with van der Waals surface area (Å²) in [6, 6.07) is 6.30. The molecule has 0 bridgehead atoms. The molecule has 1 rings (SSSR count). The van der Waals surface area contributed by atoms with Crippen molar-refractivity contribution in [3.63, 3.8) is 0 Å². The second-order valence-corrected chi connectivity index (χ2v) is 4.65. The summed E-state index contributed by atoms with van der Waals surface area (Å²) in [6.07, 6.45) is 3.37. The van der Waals surface area contributed by atoms with Gasteiger partial charge in [0, 0.05) is 6.54 Å². The van der Waals surface area contributed by atoms with E-state index in [9.17, 15) is 0 Å². The van der Waals surface area contributed by atoms with Crippen LogP contribution in [0.25, 0.3) is 0 Å². The van der Waals surface area contributed by atoms with Gasteiger partial charge in [-0.25, -0.2) is 0 Å². The van der Waals surface area contributed by atoms with E-state index in [1.54, 1.807) is 0 Å². The van der Waals surface area contributed by atoms with E-state index in [0.717, 1.165) is 38.2 Å². The molecule has 0 amide bonds. The van der Waals surface area contributed by atoms with Crippen LogP contribution in [-0.2, 0) is 0 Å². The molecule has 1 aromatic carbocycles. The highest BCUT2D eigenvalue weighted by atomic mass is 16.5. The maximum atomic E-state index is 8.60. The molecular weight excluding hydrogens is 226 g/mol. The lowest BCUT2D eigenvalue weighted by atomic mass is 10.1. The van der Waals surface area contributed by atoms with Crippen LogP contribution in [0.4, 0.5) is 0 Å². The molecule has 0 aliphatic heterocycles. The summed E-state index contributed by atoms with van der Waals surface area (Å²) in [7, 11) is 0. The fourth-order valence-corrected chi connectivity index (χ4v) is 1.78. The van der Waals surface area contributed by atoms with E-state index >= 15 is 0 Å². The molecule has 0 aliphatic rings. The van der Waals surface area contributed by atoms with Gasteiger partial charge in [0.05, 0.1) is 13.2 Å². The second kappa shape index (κ2) is 8.95. The summed E-state index contributed by atoms with van der Waals surface area (Å²) in [6.45, 7) is 6.83. The maximum Gasteiger partial charge on any atom is 0.122 e. The van der Waals surface area contributed by atoms with Crippen LogP contribution in [-0.4, -0.2) is 31.4 Å². The minimum absolute atomic E-state index is 0.218. The number of benzene rings is 1. The number of nitrogens with one attached hydrogen (secondary N) is 1. The number of rotatable bonds is 9. The zero-order chi connectivity index (χ0) is 13.2. The molecule has 0 aromatic heterocycles. The van der Waals surface area contributed by atoms with Crippen LogP contribution in [0.1, 0.15) is 30.4 Å². The normalized spacial score (nSPS) is 10.6. The summed E-state index contributed by atoms with van der Waals surface area (Å²) in [5.74, 6) is 1.01. The van der Waals surface area contributed by atoms with Gasteiger partial charge in [-0.1, -0.05) is 12.1 Å². The average molecular weight is 251 g/mol. The van der Waals surface area contributed by atoms with Crippen molar-refractivity contribution >= 4 is 0 Å². The van der Waals surface area contributed by atoms with E-state index in [0.29, 0.717) is 6.54 Å². The molecule has 0 fully saturated rings. The Bertz CT molecular complexity index is 339. The van der Waals surface area contributed by atoms with Crippen LogP contribution in [0, 0.1) is 13.8 Å². The standard InChI is InChI=1S/C15H25NO2/c1-13-6-7-14(2)15(12-13)18-11-5-3-4-8-16-9-10-17/h6-7,12,16-17H,3-5,8-11H2,1-2H3. The Kier molecular flexibility index (Phi) is 7.46. The van der Waals surface area contributed by atoms with Crippen molar-refractivity contribution in [2.45, 2.75) is 33.1 Å². The van der Waals surface area contributed by atoms with Crippen molar-refractivity contribution < 1.29 is 9.84 Å². The summed E-state index contributed by atoms with van der Waals surface area (Å²) in [5, 5.41) is 11.8. The van der Waals surface area contributed by atoms with Gasteiger partial charge < -0.3 is 15.2 Å². The van der Waals surface area contributed by atoms with E-state index in [1.807, 2.05) is 0 Å². The predicted octanol–water partition coefficient (Wildman–Crippen LogP) is 2.43. The molecule has 0 radical (unpaired) electrons. The predicted molar refractivity (Wildman–Crippen MR) is 75.2 cm³/mol. The Morgan fingerprint density at radius 3 is 2.72 bits per heavy atom. The van der Waals surface area contributed by atoms with Gasteiger partial charge in [-0.3, -0.25) is 0 Å². The van der Waals surface area contributed by atoms with Crippen LogP contribution in [0.3, 0.4) is 0 Å². The third-order valence-corrected chi connectivity index (χ3v) is 2.89. The van der Waals surface area contributed by atoms with Gasteiger partial charge in [-0.15, -0.1) is 0 Å². The molecule has 0 atom stereocenters. The monoisotopic (exact) mass is 251 g/mol. The number of aryl methyl sites for hydroxylation is 2. The van der Waals surface area contributed by atoms with Crippen LogP contribution in [0.2, 0.25) is 0 Å². The number of ether oxygens (including phenoxy) is 1. The highest BCUT2D eigenvalue weighted by Gasteiger charge is 1.99. The molecule has 0 spiro atoms. The lowest BCUT2D eigenvalue weighted by Gasteiger charge is -2.10. The van der Waals surface area contributed by atoms with Gasteiger partial charge in [-0.05, 0) is 56.8 Å². The highest BCUT2D eigenvalue weighted by molar-refractivity contribution is 5.35. The first kappa shape index (κ1) is 15.0. The molecule has 102 valence electrons. The minimum atomic E-state index is 0.218. The fourth-order valence-electron chi connectivity index (χ4n) is 1.78. The molecule has 3 nitrogen and oxygen atoms in total. The van der Waals surface area contributed by atoms with Gasteiger partial charge in [0.15, 0.2) is 0 Å². The van der Waals surface area contributed by atoms with Gasteiger partial charge in [0.25, 0.3) is 0 Å². The van der Waals surface area contributed by atoms with E-state index in [-0.39, 0.29) is 6.61 Å². The second-order valence-electron chi connectivity index (χ2n) is 4.65. The third-order valence-electron chi connectivity index (χ3n) is 2.89. The lowest BCUT2D eigenvalue weighted by molar-refractivity contribution is 0.288. The van der Waals surface area contributed by atoms with Gasteiger partial charge in [0.1, 0.15) is 5.75 Å². The molecule has 0 saturated heterocycles. The Balaban J connectivity index is 2.09. The SMILES string of the molecule is Cc1ccc(C)c(OCCCCCNCCO)c1. The number of aliphatic hydroxyl groups excluding tert-OH is 1. The summed E-state index contributed by atoms with van der Waals surface area (Å²) in [4.78, 5) is 0. The smallest absolute Gasteiger partial charge is 0.122 e. The van der Waals surface area contributed by atoms with Crippen LogP contribution >= 0.6 is 0 Å². The van der Waals surface area contributed by atoms with Crippen molar-refractivity contribution in [2.75, 3.05) is 26.3 Å². The van der Waals surface area contributed by atoms with Crippen molar-refractivity contribution in [2.24, 2.45) is 0 Å². The molecule has 18 heavy (non-hydrogen) atoms. The number of unbranched alkanes of at least 4 members (excludes halogenated alkanes) is 2. The summed E-state index contributed by atoms with van der Waals surface area (Å²) in [5.41, 5.74) is 2.44. The average Bonchev–Trinajstić information content (AvgIpc) is 2.36. The number of hydrogen-bond donors (Lipinski definition) is 2. The Morgan fingerprint density at radius 2 is 1.94 bits per heavy atom. The molecule has 1 aromatic rings. The van der Waals surface area contributed by atoms with Gasteiger partial charge in [0.2, 0.25) is 0 Å². The van der Waals surface area contributed by atoms with E-state index in [1.165, 1.54) is 11.1 Å². The highest BCUT2D eigenvalue weighted by Crippen LogP contribution is 2.19. The van der Waals surface area contributed by atoms with Crippen LogP contribution < -0.4 is 10.1 Å². The van der Waals surface area contributed by atoms with E-state index in [4.69, 9.17) is 9.84 Å². The quantitative estimate of drug-likeness (QED) is 0.662. The van der Waals surface area contributed by atoms with Gasteiger partial charge >= 0.3 is 0 Å². The number of hydrogen-bond acceptors (Lipinski definition) is 3. The topological polar surface area (TPSA) is 41.5 Å². The molecule has 2 N–H and O–H groups in total. The fraction of sp³-hybridized carbons (Fsp3) is 0.600. The minimum Gasteiger partial charge on any atom is -0.493 e. The first-order valence-corrected chi connectivity index (χ1v) is 6.75. The van der Waals surface area contributed by atoms with Crippen LogP contribution in [0.15, 0.2) is 18.2 Å². The lowest BCUT2D eigenvalue weighted by Crippen LogP contribution is -2.19. The van der Waals surface area contributed by atoms with E-state index < -0.39 is 0 Å². The zero-order valence-corrected chi connectivity index (χ0v) is 11.5. The molecule has 0 aliphatic carbocycles. The largest absolute Gasteiger partial charge is 0.493 e. The van der Waals surface area contributed by atoms with Crippen molar-refractivity contribution in [3.05, 3.63) is 29.3 Å². The Hall–Kier alpha value is -1.06. The summed E-state index contributed by atoms with van der Waals surface area (Å²) < 4.78 is 5.78. The molecule has 0 heterocycles. The van der Waals surface area contributed by atoms with Crippen molar-refractivity contribution in [1.29, 1.82) is 0 Å². The molecular formula is C15H25NO2. The molecule has 0 saturated carbocycles. The molecule has 3 heteroatoms. The molecule has 0 unspecified atom stereocenters. The summed E-state index contributed by atoms with van der Waals surface area (Å²) >= 11 is 0. The third kappa shape index (κ3) is 6.03. The van der Waals surface area contributed by atoms with E-state index in [2.05, 4.69) is 37.4 Å². The Labute approximate surface area is 110 Å². The van der Waals surface area contributed by atoms with Crippen molar-refractivity contribution in [3.8, 4) is 5.75 Å².